The van der Waals surface area contributed by atoms with Crippen molar-refractivity contribution in [2.45, 2.75) is 23.3 Å². The first-order valence-corrected chi connectivity index (χ1v) is 12.7. The molecule has 0 unspecified atom stereocenters. The summed E-state index contributed by atoms with van der Waals surface area (Å²) >= 11 is 1.43. The smallest absolute Gasteiger partial charge is 0.276 e. The van der Waals surface area contributed by atoms with E-state index in [0.29, 0.717) is 23.3 Å². The van der Waals surface area contributed by atoms with Crippen LogP contribution in [0.25, 0.3) is 16.9 Å². The van der Waals surface area contributed by atoms with Gasteiger partial charge < -0.3 is 4.42 Å². The molecule has 0 N–H and O–H groups in total. The minimum absolute atomic E-state index is 0.0846. The van der Waals surface area contributed by atoms with Crippen LogP contribution in [0.4, 0.5) is 0 Å². The zero-order valence-corrected chi connectivity index (χ0v) is 18.2. The topological polar surface area (TPSA) is 90.9 Å². The fourth-order valence-corrected chi connectivity index (χ4v) is 6.11. The third-order valence-electron chi connectivity index (χ3n) is 5.21. The van der Waals surface area contributed by atoms with Gasteiger partial charge >= 0.3 is 0 Å². The highest BCUT2D eigenvalue weighted by Gasteiger charge is 2.32. The Morgan fingerprint density at radius 3 is 2.48 bits per heavy atom. The molecule has 3 heterocycles. The lowest BCUT2D eigenvalue weighted by molar-refractivity contribution is 0.393. The largest absolute Gasteiger partial charge is 0.416 e. The van der Waals surface area contributed by atoms with Crippen molar-refractivity contribution in [2.75, 3.05) is 11.5 Å². The van der Waals surface area contributed by atoms with E-state index in [-0.39, 0.29) is 17.4 Å². The zero-order valence-electron chi connectivity index (χ0n) is 16.6. The molecule has 0 amide bonds. The van der Waals surface area contributed by atoms with Gasteiger partial charge in [0.1, 0.15) is 0 Å². The quantitative estimate of drug-likeness (QED) is 0.407. The average molecular weight is 453 g/mol. The van der Waals surface area contributed by atoms with Crippen LogP contribution in [-0.4, -0.2) is 39.9 Å². The van der Waals surface area contributed by atoms with Crippen molar-refractivity contribution in [2.24, 2.45) is 0 Å². The molecular formula is C22H20N4O3S2. The minimum Gasteiger partial charge on any atom is -0.416 e. The standard InChI is InChI=1S/C22H20N4O3S2/c27-31(28)12-11-17(15-31)21-23-24-22(29-21)30-14-18-13-26(19-9-5-2-6-10-19)25-20(18)16-7-3-1-4-8-16/h1-10,13,17H,11-12,14-15H2/t17-/m0/s1. The number of hydrogen-bond donors (Lipinski definition) is 0. The second-order valence-corrected chi connectivity index (χ2v) is 10.6. The molecule has 31 heavy (non-hydrogen) atoms. The molecule has 0 spiro atoms. The first-order chi connectivity index (χ1) is 15.1. The van der Waals surface area contributed by atoms with Gasteiger partial charge in [0, 0.05) is 23.1 Å². The van der Waals surface area contributed by atoms with Crippen molar-refractivity contribution in [3.8, 4) is 16.9 Å². The van der Waals surface area contributed by atoms with Gasteiger partial charge in [-0.25, -0.2) is 13.1 Å². The summed E-state index contributed by atoms with van der Waals surface area (Å²) in [4.78, 5) is 0. The Hall–Kier alpha value is -2.91. The van der Waals surface area contributed by atoms with Gasteiger partial charge in [0.05, 0.1) is 28.8 Å². The summed E-state index contributed by atoms with van der Waals surface area (Å²) in [5.41, 5.74) is 3.97. The summed E-state index contributed by atoms with van der Waals surface area (Å²) in [6, 6.07) is 20.0. The number of rotatable bonds is 6. The second kappa shape index (κ2) is 8.32. The molecule has 0 aliphatic carbocycles. The Balaban J connectivity index is 1.38. The lowest BCUT2D eigenvalue weighted by Gasteiger charge is -2.01. The number of para-hydroxylation sites is 1. The van der Waals surface area contributed by atoms with Crippen molar-refractivity contribution >= 4 is 21.6 Å². The number of thioether (sulfide) groups is 1. The van der Waals surface area contributed by atoms with Gasteiger partial charge in [0.25, 0.3) is 5.22 Å². The van der Waals surface area contributed by atoms with Crippen LogP contribution >= 0.6 is 11.8 Å². The molecule has 9 heteroatoms. The number of hydrogen-bond acceptors (Lipinski definition) is 7. The third kappa shape index (κ3) is 4.42. The van der Waals surface area contributed by atoms with E-state index in [2.05, 4.69) is 10.2 Å². The number of aromatic nitrogens is 4. The van der Waals surface area contributed by atoms with Gasteiger partial charge in [-0.15, -0.1) is 10.2 Å². The second-order valence-electron chi connectivity index (χ2n) is 7.44. The van der Waals surface area contributed by atoms with E-state index in [4.69, 9.17) is 9.52 Å². The fraction of sp³-hybridized carbons (Fsp3) is 0.227. The van der Waals surface area contributed by atoms with Crippen LogP contribution in [0.15, 0.2) is 76.5 Å². The summed E-state index contributed by atoms with van der Waals surface area (Å²) in [6.45, 7) is 0. The number of sulfone groups is 1. The maximum Gasteiger partial charge on any atom is 0.276 e. The lowest BCUT2D eigenvalue weighted by atomic mass is 10.1. The van der Waals surface area contributed by atoms with E-state index >= 15 is 0 Å². The number of nitrogens with zero attached hydrogens (tertiary/aromatic N) is 4. The molecule has 4 aromatic rings. The molecule has 0 saturated carbocycles. The van der Waals surface area contributed by atoms with Crippen LogP contribution in [0.1, 0.15) is 23.8 Å². The summed E-state index contributed by atoms with van der Waals surface area (Å²) < 4.78 is 31.1. The molecule has 1 aliphatic heterocycles. The van der Waals surface area contributed by atoms with E-state index in [9.17, 15) is 8.42 Å². The normalized spacial score (nSPS) is 17.7. The first kappa shape index (κ1) is 20.0. The molecule has 5 rings (SSSR count). The summed E-state index contributed by atoms with van der Waals surface area (Å²) in [6.07, 6.45) is 2.56. The molecule has 2 aromatic heterocycles. The predicted molar refractivity (Wildman–Crippen MR) is 119 cm³/mol. The molecule has 1 atom stereocenters. The van der Waals surface area contributed by atoms with Crippen LogP contribution in [0.3, 0.4) is 0 Å². The Morgan fingerprint density at radius 1 is 1.03 bits per heavy atom. The third-order valence-corrected chi connectivity index (χ3v) is 7.85. The maximum absolute atomic E-state index is 11.7. The fourth-order valence-electron chi connectivity index (χ4n) is 3.64. The molecule has 0 bridgehead atoms. The Bertz CT molecular complexity index is 1280. The Labute approximate surface area is 184 Å². The van der Waals surface area contributed by atoms with Gasteiger partial charge in [-0.2, -0.15) is 5.10 Å². The van der Waals surface area contributed by atoms with Crippen LogP contribution in [0, 0.1) is 0 Å². The molecule has 7 nitrogen and oxygen atoms in total. The van der Waals surface area contributed by atoms with Gasteiger partial charge in [0.15, 0.2) is 9.84 Å². The Morgan fingerprint density at radius 2 is 1.77 bits per heavy atom. The molecular weight excluding hydrogens is 432 g/mol. The van der Waals surface area contributed by atoms with Gasteiger partial charge in [-0.1, -0.05) is 60.3 Å². The van der Waals surface area contributed by atoms with E-state index in [1.54, 1.807) is 0 Å². The predicted octanol–water partition coefficient (Wildman–Crippen LogP) is 4.12. The highest BCUT2D eigenvalue weighted by Crippen LogP contribution is 2.32. The monoisotopic (exact) mass is 452 g/mol. The van der Waals surface area contributed by atoms with Crippen LogP contribution in [0.5, 0.6) is 0 Å². The Kier molecular flexibility index (Phi) is 5.37. The lowest BCUT2D eigenvalue weighted by Crippen LogP contribution is -2.03. The van der Waals surface area contributed by atoms with E-state index in [1.165, 1.54) is 11.8 Å². The highest BCUT2D eigenvalue weighted by molar-refractivity contribution is 7.98. The molecule has 1 fully saturated rings. The van der Waals surface area contributed by atoms with Crippen molar-refractivity contribution < 1.29 is 12.8 Å². The van der Waals surface area contributed by atoms with Gasteiger partial charge in [-0.05, 0) is 18.6 Å². The van der Waals surface area contributed by atoms with Gasteiger partial charge in [-0.3, -0.25) is 0 Å². The zero-order chi connectivity index (χ0) is 21.3. The van der Waals surface area contributed by atoms with E-state index in [1.807, 2.05) is 71.5 Å². The van der Waals surface area contributed by atoms with Crippen molar-refractivity contribution in [3.05, 3.63) is 78.3 Å². The highest BCUT2D eigenvalue weighted by atomic mass is 32.2. The first-order valence-electron chi connectivity index (χ1n) is 9.93. The van der Waals surface area contributed by atoms with Crippen molar-refractivity contribution in [1.82, 2.24) is 20.0 Å². The SMILES string of the molecule is O=S1(=O)CC[C@H](c2nnc(SCc3cn(-c4ccccc4)nc3-c3ccccc3)o2)C1. The van der Waals surface area contributed by atoms with E-state index in [0.717, 1.165) is 22.5 Å². The van der Waals surface area contributed by atoms with Crippen molar-refractivity contribution in [3.63, 3.8) is 0 Å². The maximum atomic E-state index is 11.7. The van der Waals surface area contributed by atoms with Crippen LogP contribution < -0.4 is 0 Å². The van der Waals surface area contributed by atoms with Crippen molar-refractivity contribution in [1.29, 1.82) is 0 Å². The van der Waals surface area contributed by atoms with Gasteiger partial charge in [0.2, 0.25) is 5.89 Å². The average Bonchev–Trinajstić information content (AvgIpc) is 3.51. The minimum atomic E-state index is -3.00. The molecule has 158 valence electrons. The number of benzene rings is 2. The van der Waals surface area contributed by atoms with E-state index < -0.39 is 9.84 Å². The molecule has 2 aromatic carbocycles. The van der Waals surface area contributed by atoms with Crippen LogP contribution in [0.2, 0.25) is 0 Å². The summed E-state index contributed by atoms with van der Waals surface area (Å²) in [7, 11) is -3.00. The molecule has 1 saturated heterocycles. The molecule has 1 aliphatic rings. The summed E-state index contributed by atoms with van der Waals surface area (Å²) in [5.74, 6) is 1.07. The van der Waals surface area contributed by atoms with Crippen LogP contribution in [-0.2, 0) is 15.6 Å². The summed E-state index contributed by atoms with van der Waals surface area (Å²) in [5, 5.41) is 13.5. The molecule has 0 radical (unpaired) electrons.